The van der Waals surface area contributed by atoms with Gasteiger partial charge in [-0.3, -0.25) is 4.79 Å². The van der Waals surface area contributed by atoms with E-state index in [9.17, 15) is 4.79 Å². The number of β-lactam (4-membered cyclic amide) rings is 1. The summed E-state index contributed by atoms with van der Waals surface area (Å²) in [5, 5.41) is 3.41. The summed E-state index contributed by atoms with van der Waals surface area (Å²) in [7, 11) is 0. The molecule has 1 amide bonds. The van der Waals surface area contributed by atoms with Crippen LogP contribution in [0.4, 0.5) is 0 Å². The molecule has 0 aromatic heterocycles. The lowest BCUT2D eigenvalue weighted by atomic mass is 10.2. The third-order valence-corrected chi connectivity index (χ3v) is 1.41. The second-order valence-electron chi connectivity index (χ2n) is 1.82. The van der Waals surface area contributed by atoms with Crippen LogP contribution in [0.2, 0.25) is 0 Å². The van der Waals surface area contributed by atoms with Crippen LogP contribution in [0.25, 0.3) is 0 Å². The Morgan fingerprint density at radius 3 is 2.64 bits per heavy atom. The summed E-state index contributed by atoms with van der Waals surface area (Å²) >= 11 is 3.21. The van der Waals surface area contributed by atoms with E-state index < -0.39 is 0 Å². The molecule has 0 radical (unpaired) electrons. The van der Waals surface area contributed by atoms with Crippen LogP contribution >= 0.6 is 15.9 Å². The van der Waals surface area contributed by atoms with Crippen molar-refractivity contribution in [3.8, 4) is 0 Å². The monoisotopic (exact) mass is 223 g/mol. The number of halogens is 1. The average Bonchev–Trinajstić information content (AvgIpc) is 2.00. The highest BCUT2D eigenvalue weighted by atomic mass is 79.9. The molecule has 0 saturated carbocycles. The van der Waals surface area contributed by atoms with Crippen LogP contribution in [0, 0.1) is 0 Å². The maximum absolute atomic E-state index is 10.3. The van der Waals surface area contributed by atoms with Gasteiger partial charge in [0.25, 0.3) is 0 Å². The fraction of sp³-hybridized carbons (Fsp3) is 0.857. The van der Waals surface area contributed by atoms with Gasteiger partial charge in [0, 0.05) is 5.33 Å². The largest absolute Gasteiger partial charge is 0.357 e. The van der Waals surface area contributed by atoms with Crippen molar-refractivity contribution in [2.75, 3.05) is 11.9 Å². The lowest BCUT2D eigenvalue weighted by Crippen LogP contribution is -2.50. The third kappa shape index (κ3) is 4.37. The van der Waals surface area contributed by atoms with Gasteiger partial charge >= 0.3 is 0 Å². The number of amides is 1. The van der Waals surface area contributed by atoms with Crippen LogP contribution in [0.15, 0.2) is 0 Å². The SMILES string of the molecule is CC.O=C1CC(OCCBr)N1. The van der Waals surface area contributed by atoms with Crippen molar-refractivity contribution in [3.63, 3.8) is 0 Å². The standard InChI is InChI=1S/C5H8BrNO2.C2H6/c6-1-2-9-5-3-4(8)7-5;1-2/h5H,1-3H2,(H,7,8);1-2H3. The van der Waals surface area contributed by atoms with E-state index in [1.165, 1.54) is 0 Å². The minimum atomic E-state index is -0.0185. The molecule has 1 aliphatic heterocycles. The molecule has 4 heteroatoms. The van der Waals surface area contributed by atoms with E-state index in [1.807, 2.05) is 13.8 Å². The molecule has 0 aliphatic carbocycles. The van der Waals surface area contributed by atoms with Crippen LogP contribution in [-0.2, 0) is 9.53 Å². The highest BCUT2D eigenvalue weighted by Crippen LogP contribution is 2.04. The first kappa shape index (κ1) is 10.9. The molecule has 1 N–H and O–H groups in total. The molecule has 66 valence electrons. The van der Waals surface area contributed by atoms with Crippen LogP contribution in [0.5, 0.6) is 0 Å². The Morgan fingerprint density at radius 1 is 1.73 bits per heavy atom. The molecule has 3 nitrogen and oxygen atoms in total. The Bertz CT molecular complexity index is 111. The first-order valence-corrected chi connectivity index (χ1v) is 4.92. The summed E-state index contributed by atoms with van der Waals surface area (Å²) in [6, 6.07) is 0. The smallest absolute Gasteiger partial charge is 0.226 e. The number of hydrogen-bond acceptors (Lipinski definition) is 2. The first-order chi connectivity index (χ1) is 5.33. The van der Waals surface area contributed by atoms with E-state index in [0.717, 1.165) is 5.33 Å². The summed E-state index contributed by atoms with van der Waals surface area (Å²) in [5.74, 6) is 0.0783. The predicted octanol–water partition coefficient (Wildman–Crippen LogP) is 1.27. The van der Waals surface area contributed by atoms with Crippen molar-refractivity contribution in [1.82, 2.24) is 5.32 Å². The van der Waals surface area contributed by atoms with Gasteiger partial charge in [-0.05, 0) is 0 Å². The van der Waals surface area contributed by atoms with Crippen LogP contribution in [0.1, 0.15) is 20.3 Å². The number of carbonyl (C=O) groups is 1. The fourth-order valence-corrected chi connectivity index (χ4v) is 0.801. The van der Waals surface area contributed by atoms with Gasteiger partial charge in [0.05, 0.1) is 13.0 Å². The number of carbonyl (C=O) groups excluding carboxylic acids is 1. The van der Waals surface area contributed by atoms with Crippen molar-refractivity contribution >= 4 is 21.8 Å². The first-order valence-electron chi connectivity index (χ1n) is 3.80. The third-order valence-electron chi connectivity index (χ3n) is 1.09. The lowest BCUT2D eigenvalue weighted by molar-refractivity contribution is -0.139. The maximum atomic E-state index is 10.3. The van der Waals surface area contributed by atoms with Gasteiger partial charge in [-0.25, -0.2) is 0 Å². The zero-order chi connectivity index (χ0) is 8.69. The predicted molar refractivity (Wildman–Crippen MR) is 47.6 cm³/mol. The van der Waals surface area contributed by atoms with Gasteiger partial charge < -0.3 is 10.1 Å². The molecule has 1 rings (SSSR count). The Labute approximate surface area is 75.6 Å². The van der Waals surface area contributed by atoms with E-state index in [4.69, 9.17) is 4.74 Å². The topological polar surface area (TPSA) is 38.3 Å². The van der Waals surface area contributed by atoms with Gasteiger partial charge in [0.15, 0.2) is 0 Å². The molecule has 1 fully saturated rings. The van der Waals surface area contributed by atoms with E-state index in [1.54, 1.807) is 0 Å². The van der Waals surface area contributed by atoms with Gasteiger partial charge in [-0.2, -0.15) is 0 Å². The molecular formula is C7H14BrNO2. The molecule has 11 heavy (non-hydrogen) atoms. The maximum Gasteiger partial charge on any atom is 0.226 e. The van der Waals surface area contributed by atoms with Gasteiger partial charge in [0.2, 0.25) is 5.91 Å². The Morgan fingerprint density at radius 2 is 2.27 bits per heavy atom. The number of alkyl halides is 1. The van der Waals surface area contributed by atoms with Crippen LogP contribution in [-0.4, -0.2) is 24.1 Å². The minimum absolute atomic E-state index is 0.0185. The van der Waals surface area contributed by atoms with Crippen molar-refractivity contribution in [2.45, 2.75) is 26.5 Å². The molecule has 1 aliphatic rings. The zero-order valence-electron chi connectivity index (χ0n) is 6.89. The number of nitrogens with one attached hydrogen (secondary N) is 1. The Hall–Kier alpha value is -0.0900. The highest BCUT2D eigenvalue weighted by molar-refractivity contribution is 9.09. The quantitative estimate of drug-likeness (QED) is 0.579. The number of ether oxygens (including phenoxy) is 1. The molecule has 1 heterocycles. The molecule has 0 bridgehead atoms. The van der Waals surface area contributed by atoms with E-state index in [-0.39, 0.29) is 12.1 Å². The van der Waals surface area contributed by atoms with Gasteiger partial charge in [-0.15, -0.1) is 0 Å². The molecular weight excluding hydrogens is 210 g/mol. The number of rotatable bonds is 3. The normalized spacial score (nSPS) is 21.0. The second kappa shape index (κ2) is 6.61. The molecule has 1 saturated heterocycles. The average molecular weight is 224 g/mol. The van der Waals surface area contributed by atoms with Crippen LogP contribution < -0.4 is 5.32 Å². The van der Waals surface area contributed by atoms with Crippen molar-refractivity contribution in [1.29, 1.82) is 0 Å². The zero-order valence-corrected chi connectivity index (χ0v) is 8.48. The van der Waals surface area contributed by atoms with Crippen molar-refractivity contribution in [3.05, 3.63) is 0 Å². The highest BCUT2D eigenvalue weighted by Gasteiger charge is 2.24. The van der Waals surface area contributed by atoms with Crippen molar-refractivity contribution < 1.29 is 9.53 Å². The molecule has 0 aromatic carbocycles. The van der Waals surface area contributed by atoms with E-state index >= 15 is 0 Å². The minimum Gasteiger partial charge on any atom is -0.357 e. The molecule has 0 spiro atoms. The molecule has 0 aromatic rings. The summed E-state index contributed by atoms with van der Waals surface area (Å²) in [6.07, 6.45) is 0.502. The second-order valence-corrected chi connectivity index (χ2v) is 2.61. The summed E-state index contributed by atoms with van der Waals surface area (Å²) in [5.41, 5.74) is 0. The number of hydrogen-bond donors (Lipinski definition) is 1. The van der Waals surface area contributed by atoms with Gasteiger partial charge in [-0.1, -0.05) is 29.8 Å². The Kier molecular flexibility index (Phi) is 6.56. The van der Waals surface area contributed by atoms with Crippen molar-refractivity contribution in [2.24, 2.45) is 0 Å². The lowest BCUT2D eigenvalue weighted by Gasteiger charge is -2.26. The Balaban J connectivity index is 0.000000461. The van der Waals surface area contributed by atoms with E-state index in [0.29, 0.717) is 13.0 Å². The summed E-state index contributed by atoms with van der Waals surface area (Å²) in [4.78, 5) is 10.3. The fourth-order valence-electron chi connectivity index (χ4n) is 0.614. The van der Waals surface area contributed by atoms with E-state index in [2.05, 4.69) is 21.2 Å². The summed E-state index contributed by atoms with van der Waals surface area (Å²) in [6.45, 7) is 4.66. The van der Waals surface area contributed by atoms with Crippen LogP contribution in [0.3, 0.4) is 0 Å². The van der Waals surface area contributed by atoms with Gasteiger partial charge in [0.1, 0.15) is 6.23 Å². The molecule has 1 unspecified atom stereocenters. The molecule has 1 atom stereocenters. The summed E-state index contributed by atoms with van der Waals surface area (Å²) < 4.78 is 5.12.